The summed E-state index contributed by atoms with van der Waals surface area (Å²) in [5, 5.41) is 5.20. The maximum atomic E-state index is 12.8. The van der Waals surface area contributed by atoms with Gasteiger partial charge in [0.05, 0.1) is 5.02 Å². The topological polar surface area (TPSA) is 97.4 Å². The predicted octanol–water partition coefficient (Wildman–Crippen LogP) is 2.17. The Morgan fingerprint density at radius 3 is 2.50 bits per heavy atom. The Bertz CT molecular complexity index is 797. The summed E-state index contributed by atoms with van der Waals surface area (Å²) in [4.78, 5) is 39.4. The zero-order valence-corrected chi connectivity index (χ0v) is 14.4. The molecule has 136 valence electrons. The molecule has 0 aliphatic heterocycles. The molecular weight excluding hydrogens is 365 g/mol. The van der Waals surface area contributed by atoms with Crippen LogP contribution in [-0.2, 0) is 14.3 Å². The van der Waals surface area contributed by atoms with Crippen LogP contribution in [0.3, 0.4) is 0 Å². The van der Waals surface area contributed by atoms with Crippen LogP contribution in [0.5, 0.6) is 0 Å². The van der Waals surface area contributed by atoms with E-state index in [2.05, 4.69) is 15.6 Å². The zero-order valence-electron chi connectivity index (χ0n) is 13.7. The average molecular weight is 380 g/mol. The van der Waals surface area contributed by atoms with Crippen molar-refractivity contribution in [1.82, 2.24) is 10.3 Å². The number of carbonyl (C=O) groups is 3. The van der Waals surface area contributed by atoms with Crippen molar-refractivity contribution < 1.29 is 23.5 Å². The number of rotatable bonds is 6. The number of benzene rings is 1. The maximum absolute atomic E-state index is 12.8. The quantitative estimate of drug-likeness (QED) is 0.750. The molecule has 0 bridgehead atoms. The Kier molecular flexibility index (Phi) is 6.62. The molecule has 0 aliphatic rings. The van der Waals surface area contributed by atoms with Crippen LogP contribution in [0.1, 0.15) is 17.3 Å². The van der Waals surface area contributed by atoms with E-state index in [1.807, 2.05) is 0 Å². The smallest absolute Gasteiger partial charge is 0.326 e. The van der Waals surface area contributed by atoms with Gasteiger partial charge in [0.25, 0.3) is 11.8 Å². The first-order chi connectivity index (χ1) is 12.3. The minimum absolute atomic E-state index is 0.193. The van der Waals surface area contributed by atoms with Crippen molar-refractivity contribution in [3.8, 4) is 0 Å². The van der Waals surface area contributed by atoms with Crippen LogP contribution in [0.4, 0.5) is 10.2 Å². The Hall–Kier alpha value is -3.00. The van der Waals surface area contributed by atoms with Crippen molar-refractivity contribution in [2.75, 3.05) is 11.9 Å². The number of esters is 1. The lowest BCUT2D eigenvalue weighted by molar-refractivity contribution is -0.152. The number of hydrogen-bond donors (Lipinski definition) is 2. The van der Waals surface area contributed by atoms with Crippen LogP contribution in [0, 0.1) is 5.82 Å². The van der Waals surface area contributed by atoms with Crippen molar-refractivity contribution in [1.29, 1.82) is 0 Å². The summed E-state index contributed by atoms with van der Waals surface area (Å²) < 4.78 is 17.7. The van der Waals surface area contributed by atoms with Crippen molar-refractivity contribution in [2.24, 2.45) is 0 Å². The van der Waals surface area contributed by atoms with Crippen molar-refractivity contribution in [3.05, 3.63) is 59.0 Å². The van der Waals surface area contributed by atoms with Gasteiger partial charge in [-0.2, -0.15) is 0 Å². The monoisotopic (exact) mass is 379 g/mol. The third kappa shape index (κ3) is 5.82. The van der Waals surface area contributed by atoms with E-state index in [1.165, 1.54) is 31.3 Å². The normalized spacial score (nSPS) is 11.3. The molecule has 2 amide bonds. The largest absolute Gasteiger partial charge is 0.451 e. The first-order valence-electron chi connectivity index (χ1n) is 7.51. The van der Waals surface area contributed by atoms with Crippen LogP contribution in [0.15, 0.2) is 42.6 Å². The molecule has 1 aromatic heterocycles. The summed E-state index contributed by atoms with van der Waals surface area (Å²) in [6, 6.07) is 7.87. The Morgan fingerprint density at radius 2 is 1.88 bits per heavy atom. The van der Waals surface area contributed by atoms with Crippen LogP contribution >= 0.6 is 11.6 Å². The van der Waals surface area contributed by atoms with Gasteiger partial charge in [-0.15, -0.1) is 0 Å². The predicted molar refractivity (Wildman–Crippen MR) is 92.2 cm³/mol. The molecule has 0 fully saturated rings. The molecule has 0 saturated heterocycles. The number of nitrogens with one attached hydrogen (secondary N) is 2. The van der Waals surface area contributed by atoms with Gasteiger partial charge in [-0.05, 0) is 43.3 Å². The SMILES string of the molecule is C[C@H](OC(=O)CNC(=O)c1ccc(F)cc1)C(=O)Nc1ccc(Cl)cn1. The number of ether oxygens (including phenoxy) is 1. The molecule has 1 heterocycles. The van der Waals surface area contributed by atoms with Gasteiger partial charge in [0.2, 0.25) is 0 Å². The van der Waals surface area contributed by atoms with Gasteiger partial charge >= 0.3 is 5.97 Å². The number of carbonyl (C=O) groups excluding carboxylic acids is 3. The van der Waals surface area contributed by atoms with Gasteiger partial charge in [0.1, 0.15) is 18.2 Å². The van der Waals surface area contributed by atoms with E-state index < -0.39 is 36.2 Å². The zero-order chi connectivity index (χ0) is 19.1. The van der Waals surface area contributed by atoms with E-state index >= 15 is 0 Å². The van der Waals surface area contributed by atoms with E-state index in [9.17, 15) is 18.8 Å². The standard InChI is InChI=1S/C17H15ClFN3O4/c1-10(16(24)22-14-7-4-12(18)8-20-14)26-15(23)9-21-17(25)11-2-5-13(19)6-3-11/h2-8,10H,9H2,1H3,(H,21,25)(H,20,22,24)/t10-/m0/s1. The van der Waals surface area contributed by atoms with E-state index in [1.54, 1.807) is 6.07 Å². The second-order valence-electron chi connectivity index (χ2n) is 5.17. The molecule has 0 spiro atoms. The molecule has 9 heteroatoms. The van der Waals surface area contributed by atoms with E-state index in [4.69, 9.17) is 16.3 Å². The van der Waals surface area contributed by atoms with Gasteiger partial charge in [-0.25, -0.2) is 9.37 Å². The number of pyridine rings is 1. The van der Waals surface area contributed by atoms with Gasteiger partial charge in [0, 0.05) is 11.8 Å². The summed E-state index contributed by atoms with van der Waals surface area (Å²) in [5.41, 5.74) is 0.193. The Morgan fingerprint density at radius 1 is 1.19 bits per heavy atom. The van der Waals surface area contributed by atoms with Crippen LogP contribution in [-0.4, -0.2) is 35.4 Å². The minimum Gasteiger partial charge on any atom is -0.451 e. The van der Waals surface area contributed by atoms with E-state index in [0.29, 0.717) is 5.02 Å². The van der Waals surface area contributed by atoms with Gasteiger partial charge in [0.15, 0.2) is 6.10 Å². The second-order valence-corrected chi connectivity index (χ2v) is 5.61. The third-order valence-corrected chi connectivity index (χ3v) is 3.38. The number of halogens is 2. The molecule has 1 aromatic carbocycles. The molecule has 0 saturated carbocycles. The number of anilines is 1. The van der Waals surface area contributed by atoms with E-state index in [0.717, 1.165) is 12.1 Å². The molecule has 2 rings (SSSR count). The highest BCUT2D eigenvalue weighted by Crippen LogP contribution is 2.10. The fourth-order valence-corrected chi connectivity index (χ4v) is 1.94. The molecule has 0 aliphatic carbocycles. The van der Waals surface area contributed by atoms with Crippen molar-refractivity contribution in [3.63, 3.8) is 0 Å². The summed E-state index contributed by atoms with van der Waals surface area (Å²) in [6.45, 7) is 0.942. The van der Waals surface area contributed by atoms with Crippen molar-refractivity contribution in [2.45, 2.75) is 13.0 Å². The molecular formula is C17H15ClFN3O4. The lowest BCUT2D eigenvalue weighted by Crippen LogP contribution is -2.36. The molecule has 0 unspecified atom stereocenters. The molecule has 2 N–H and O–H groups in total. The van der Waals surface area contributed by atoms with Gasteiger partial charge in [-0.3, -0.25) is 14.4 Å². The summed E-state index contributed by atoms with van der Waals surface area (Å²) in [7, 11) is 0. The first kappa shape index (κ1) is 19.3. The number of aromatic nitrogens is 1. The highest BCUT2D eigenvalue weighted by Gasteiger charge is 2.19. The van der Waals surface area contributed by atoms with E-state index in [-0.39, 0.29) is 11.4 Å². The summed E-state index contributed by atoms with van der Waals surface area (Å²) >= 11 is 5.69. The van der Waals surface area contributed by atoms with Gasteiger partial charge < -0.3 is 15.4 Å². The third-order valence-electron chi connectivity index (χ3n) is 3.16. The number of hydrogen-bond acceptors (Lipinski definition) is 5. The highest BCUT2D eigenvalue weighted by atomic mass is 35.5. The van der Waals surface area contributed by atoms with Gasteiger partial charge in [-0.1, -0.05) is 11.6 Å². The Labute approximate surface area is 153 Å². The minimum atomic E-state index is -1.09. The number of amides is 2. The van der Waals surface area contributed by atoms with Crippen LogP contribution in [0.25, 0.3) is 0 Å². The maximum Gasteiger partial charge on any atom is 0.326 e. The number of nitrogens with zero attached hydrogens (tertiary/aromatic N) is 1. The molecule has 2 aromatic rings. The molecule has 26 heavy (non-hydrogen) atoms. The molecule has 1 atom stereocenters. The lowest BCUT2D eigenvalue weighted by atomic mass is 10.2. The molecule has 0 radical (unpaired) electrons. The summed E-state index contributed by atoms with van der Waals surface area (Å²) in [5.74, 6) is -2.17. The van der Waals surface area contributed by atoms with Crippen LogP contribution in [0.2, 0.25) is 5.02 Å². The van der Waals surface area contributed by atoms with Crippen LogP contribution < -0.4 is 10.6 Å². The fourth-order valence-electron chi connectivity index (χ4n) is 1.83. The van der Waals surface area contributed by atoms with Crippen molar-refractivity contribution >= 4 is 35.2 Å². The highest BCUT2D eigenvalue weighted by molar-refractivity contribution is 6.30. The first-order valence-corrected chi connectivity index (χ1v) is 7.88. The fraction of sp³-hybridized carbons (Fsp3) is 0.176. The lowest BCUT2D eigenvalue weighted by Gasteiger charge is -2.13. The average Bonchev–Trinajstić information content (AvgIpc) is 2.62. The second kappa shape index (κ2) is 8.91. The Balaban J connectivity index is 1.79. The summed E-state index contributed by atoms with van der Waals surface area (Å²) in [6.07, 6.45) is 0.265. The molecule has 7 nitrogen and oxygen atoms in total.